The molecule has 1 heterocycles. The molecule has 0 aromatic carbocycles. The van der Waals surface area contributed by atoms with Crippen molar-refractivity contribution in [3.8, 4) is 0 Å². The van der Waals surface area contributed by atoms with Gasteiger partial charge in [0.1, 0.15) is 15.1 Å². The molecule has 0 spiro atoms. The van der Waals surface area contributed by atoms with Gasteiger partial charge in [-0.3, -0.25) is 0 Å². The highest BCUT2D eigenvalue weighted by Crippen LogP contribution is 2.06. The second-order valence-corrected chi connectivity index (χ2v) is 5.70. The molecule has 2 N–H and O–H groups in total. The molecule has 1 aromatic heterocycles. The second kappa shape index (κ2) is 6.72. The zero-order valence-electron chi connectivity index (χ0n) is 10.7. The summed E-state index contributed by atoms with van der Waals surface area (Å²) in [6.07, 6.45) is -0.419. The van der Waals surface area contributed by atoms with Gasteiger partial charge in [0.15, 0.2) is 0 Å². The number of carbonyl (C=O) groups excluding carboxylic acids is 1. The van der Waals surface area contributed by atoms with Gasteiger partial charge in [0.2, 0.25) is 0 Å². The average Bonchev–Trinajstić information content (AvgIpc) is 2.24. The van der Waals surface area contributed by atoms with Gasteiger partial charge in [-0.2, -0.15) is 0 Å². The van der Waals surface area contributed by atoms with Gasteiger partial charge in [-0.1, -0.05) is 0 Å². The lowest BCUT2D eigenvalue weighted by molar-refractivity contribution is 0.0530. The van der Waals surface area contributed by atoms with Crippen molar-refractivity contribution in [2.24, 2.45) is 0 Å². The number of anilines is 1. The summed E-state index contributed by atoms with van der Waals surface area (Å²) in [6, 6.07) is 3.69. The van der Waals surface area contributed by atoms with Gasteiger partial charge >= 0.3 is 6.09 Å². The molecule has 0 unspecified atom stereocenters. The van der Waals surface area contributed by atoms with Crippen molar-refractivity contribution in [3.63, 3.8) is 0 Å². The SMILES string of the molecule is CC(C)(C)OC(=O)NCCNc1ccc(I)nn1. The van der Waals surface area contributed by atoms with Crippen molar-refractivity contribution >= 4 is 34.5 Å². The maximum Gasteiger partial charge on any atom is 0.407 e. The Bertz CT molecular complexity index is 389. The number of hydrogen-bond donors (Lipinski definition) is 2. The Kier molecular flexibility index (Phi) is 5.57. The molecule has 0 aliphatic rings. The minimum atomic E-state index is -0.473. The Morgan fingerprint density at radius 2 is 2.06 bits per heavy atom. The van der Waals surface area contributed by atoms with Gasteiger partial charge in [0.05, 0.1) is 0 Å². The molecule has 1 rings (SSSR count). The van der Waals surface area contributed by atoms with Crippen LogP contribution in [0.5, 0.6) is 0 Å². The fraction of sp³-hybridized carbons (Fsp3) is 0.545. The lowest BCUT2D eigenvalue weighted by Gasteiger charge is -2.19. The summed E-state index contributed by atoms with van der Waals surface area (Å²) < 4.78 is 5.94. The molecule has 0 aliphatic heterocycles. The van der Waals surface area contributed by atoms with E-state index >= 15 is 0 Å². The number of rotatable bonds is 4. The summed E-state index contributed by atoms with van der Waals surface area (Å²) in [5, 5.41) is 13.5. The van der Waals surface area contributed by atoms with E-state index in [0.717, 1.165) is 3.70 Å². The Hall–Kier alpha value is -1.12. The first-order valence-electron chi connectivity index (χ1n) is 5.57. The van der Waals surface area contributed by atoms with E-state index in [1.165, 1.54) is 0 Å². The summed E-state index contributed by atoms with van der Waals surface area (Å²) >= 11 is 2.09. The summed E-state index contributed by atoms with van der Waals surface area (Å²) in [5.41, 5.74) is -0.473. The van der Waals surface area contributed by atoms with Crippen molar-refractivity contribution in [2.45, 2.75) is 26.4 Å². The minimum absolute atomic E-state index is 0.419. The van der Waals surface area contributed by atoms with E-state index < -0.39 is 11.7 Å². The number of nitrogens with one attached hydrogen (secondary N) is 2. The van der Waals surface area contributed by atoms with E-state index in [9.17, 15) is 4.79 Å². The van der Waals surface area contributed by atoms with Crippen molar-refractivity contribution in [3.05, 3.63) is 15.8 Å². The largest absolute Gasteiger partial charge is 0.444 e. The smallest absolute Gasteiger partial charge is 0.407 e. The normalized spacial score (nSPS) is 10.9. The Morgan fingerprint density at radius 3 is 2.61 bits per heavy atom. The number of aromatic nitrogens is 2. The van der Waals surface area contributed by atoms with Gasteiger partial charge in [0.25, 0.3) is 0 Å². The predicted molar refractivity (Wildman–Crippen MR) is 77.5 cm³/mol. The first-order valence-corrected chi connectivity index (χ1v) is 6.65. The zero-order valence-corrected chi connectivity index (χ0v) is 12.8. The molecule has 7 heteroatoms. The Labute approximate surface area is 120 Å². The Balaban J connectivity index is 2.19. The molecule has 18 heavy (non-hydrogen) atoms. The third kappa shape index (κ3) is 6.58. The summed E-state index contributed by atoms with van der Waals surface area (Å²) in [4.78, 5) is 11.3. The minimum Gasteiger partial charge on any atom is -0.444 e. The Morgan fingerprint density at radius 1 is 1.33 bits per heavy atom. The van der Waals surface area contributed by atoms with Gasteiger partial charge in [-0.05, 0) is 55.5 Å². The van der Waals surface area contributed by atoms with Crippen LogP contribution in [0.3, 0.4) is 0 Å². The molecule has 0 saturated heterocycles. The van der Waals surface area contributed by atoms with E-state index in [0.29, 0.717) is 18.9 Å². The molecule has 0 atom stereocenters. The third-order valence-electron chi connectivity index (χ3n) is 1.73. The number of carbonyl (C=O) groups is 1. The highest BCUT2D eigenvalue weighted by atomic mass is 127. The third-order valence-corrected chi connectivity index (χ3v) is 2.31. The van der Waals surface area contributed by atoms with Crippen LogP contribution < -0.4 is 10.6 Å². The van der Waals surface area contributed by atoms with E-state index in [1.54, 1.807) is 0 Å². The molecule has 100 valence electrons. The van der Waals surface area contributed by atoms with Crippen LogP contribution in [0.1, 0.15) is 20.8 Å². The average molecular weight is 364 g/mol. The maximum absolute atomic E-state index is 11.3. The van der Waals surface area contributed by atoms with E-state index in [-0.39, 0.29) is 0 Å². The van der Waals surface area contributed by atoms with Crippen molar-refractivity contribution in [1.82, 2.24) is 15.5 Å². The number of halogens is 1. The van der Waals surface area contributed by atoms with Crippen LogP contribution in [-0.2, 0) is 4.74 Å². The van der Waals surface area contributed by atoms with Crippen LogP contribution in [0.25, 0.3) is 0 Å². The van der Waals surface area contributed by atoms with Crippen LogP contribution in [0, 0.1) is 3.70 Å². The van der Waals surface area contributed by atoms with Gasteiger partial charge in [-0.25, -0.2) is 4.79 Å². The molecule has 0 radical (unpaired) electrons. The van der Waals surface area contributed by atoms with Crippen molar-refractivity contribution in [1.29, 1.82) is 0 Å². The first kappa shape index (κ1) is 14.9. The maximum atomic E-state index is 11.3. The lowest BCUT2D eigenvalue weighted by atomic mass is 10.2. The second-order valence-electron chi connectivity index (χ2n) is 4.60. The molecule has 1 aromatic rings. The monoisotopic (exact) mass is 364 g/mol. The van der Waals surface area contributed by atoms with Gasteiger partial charge < -0.3 is 15.4 Å². The molecule has 0 saturated carbocycles. The first-order chi connectivity index (χ1) is 8.37. The highest BCUT2D eigenvalue weighted by Gasteiger charge is 2.15. The van der Waals surface area contributed by atoms with Gasteiger partial charge in [0, 0.05) is 13.1 Å². The number of hydrogen-bond acceptors (Lipinski definition) is 5. The summed E-state index contributed by atoms with van der Waals surface area (Å²) in [7, 11) is 0. The topological polar surface area (TPSA) is 76.1 Å². The molecule has 6 nitrogen and oxygen atoms in total. The molecule has 1 amide bonds. The van der Waals surface area contributed by atoms with E-state index in [1.807, 2.05) is 32.9 Å². The standard InChI is InChI=1S/C11H17IN4O2/c1-11(2,3)18-10(17)14-7-6-13-9-5-4-8(12)15-16-9/h4-5H,6-7H2,1-3H3,(H,13,16)(H,14,17). The van der Waals surface area contributed by atoms with Crippen LogP contribution in [0.2, 0.25) is 0 Å². The molecule has 0 fully saturated rings. The van der Waals surface area contributed by atoms with Gasteiger partial charge in [-0.15, -0.1) is 10.2 Å². The van der Waals surface area contributed by atoms with E-state index in [4.69, 9.17) is 4.74 Å². The predicted octanol–water partition coefficient (Wildman–Crippen LogP) is 2.02. The fourth-order valence-electron chi connectivity index (χ4n) is 1.08. The highest BCUT2D eigenvalue weighted by molar-refractivity contribution is 14.1. The van der Waals surface area contributed by atoms with Crippen LogP contribution in [0.15, 0.2) is 12.1 Å². The molecular formula is C11H17IN4O2. The summed E-state index contributed by atoms with van der Waals surface area (Å²) in [5.74, 6) is 0.682. The quantitative estimate of drug-likeness (QED) is 0.632. The number of nitrogens with zero attached hydrogens (tertiary/aromatic N) is 2. The number of alkyl carbamates (subject to hydrolysis) is 1. The molecule has 0 aliphatic carbocycles. The van der Waals surface area contributed by atoms with Crippen LogP contribution in [-0.4, -0.2) is 35.0 Å². The number of ether oxygens (including phenoxy) is 1. The lowest BCUT2D eigenvalue weighted by Crippen LogP contribution is -2.35. The van der Waals surface area contributed by atoms with E-state index in [2.05, 4.69) is 43.4 Å². The number of amides is 1. The van der Waals surface area contributed by atoms with Crippen LogP contribution >= 0.6 is 22.6 Å². The summed E-state index contributed by atoms with van der Waals surface area (Å²) in [6.45, 7) is 6.50. The van der Waals surface area contributed by atoms with Crippen molar-refractivity contribution in [2.75, 3.05) is 18.4 Å². The fourth-order valence-corrected chi connectivity index (χ4v) is 1.37. The molecular weight excluding hydrogens is 347 g/mol. The zero-order chi connectivity index (χ0) is 13.6. The van der Waals surface area contributed by atoms with Crippen LogP contribution in [0.4, 0.5) is 10.6 Å². The van der Waals surface area contributed by atoms with Crippen molar-refractivity contribution < 1.29 is 9.53 Å². The molecule has 0 bridgehead atoms.